The van der Waals surface area contributed by atoms with E-state index in [0.717, 1.165) is 62.1 Å². The second-order valence-corrected chi connectivity index (χ2v) is 7.89. The number of benzene rings is 3. The number of nitrogens with zero attached hydrogens (tertiary/aromatic N) is 1. The van der Waals surface area contributed by atoms with Crippen molar-refractivity contribution in [1.82, 2.24) is 15.5 Å². The van der Waals surface area contributed by atoms with Gasteiger partial charge in [-0.3, -0.25) is 4.90 Å². The maximum Gasteiger partial charge on any atom is 0.124 e. The molecule has 1 fully saturated rings. The van der Waals surface area contributed by atoms with Crippen LogP contribution in [0.2, 0.25) is 5.02 Å². The molecule has 4 nitrogen and oxygen atoms in total. The molecule has 1 aliphatic heterocycles. The molecule has 0 spiro atoms. The van der Waals surface area contributed by atoms with Gasteiger partial charge in [-0.2, -0.15) is 0 Å². The molecule has 1 aliphatic rings. The molecule has 0 amide bonds. The summed E-state index contributed by atoms with van der Waals surface area (Å²) in [6, 6.07) is 20.5. The van der Waals surface area contributed by atoms with E-state index >= 15 is 0 Å². The summed E-state index contributed by atoms with van der Waals surface area (Å²) in [5.74, 6) is 0.929. The molecule has 5 heteroatoms. The third kappa shape index (κ3) is 5.49. The highest BCUT2D eigenvalue weighted by molar-refractivity contribution is 6.30. The number of rotatable bonds is 8. The zero-order chi connectivity index (χ0) is 19.9. The smallest absolute Gasteiger partial charge is 0.124 e. The van der Waals surface area contributed by atoms with E-state index in [-0.39, 0.29) is 0 Å². The van der Waals surface area contributed by atoms with Gasteiger partial charge in [0.15, 0.2) is 0 Å². The molecule has 3 aromatic rings. The van der Waals surface area contributed by atoms with Crippen molar-refractivity contribution in [3.05, 3.63) is 76.8 Å². The van der Waals surface area contributed by atoms with Crippen molar-refractivity contribution in [1.29, 1.82) is 0 Å². The molecule has 0 saturated carbocycles. The van der Waals surface area contributed by atoms with Gasteiger partial charge < -0.3 is 15.4 Å². The summed E-state index contributed by atoms with van der Waals surface area (Å²) in [5.41, 5.74) is 2.29. The molecule has 1 saturated heterocycles. The van der Waals surface area contributed by atoms with Crippen LogP contribution >= 0.6 is 11.6 Å². The van der Waals surface area contributed by atoms with Gasteiger partial charge in [-0.05, 0) is 34.5 Å². The van der Waals surface area contributed by atoms with Crippen LogP contribution in [-0.4, -0.2) is 44.2 Å². The largest absolute Gasteiger partial charge is 0.489 e. The molecular weight excluding hydrogens is 382 g/mol. The highest BCUT2D eigenvalue weighted by Crippen LogP contribution is 2.29. The molecule has 4 rings (SSSR count). The summed E-state index contributed by atoms with van der Waals surface area (Å²) in [6.07, 6.45) is 0. The van der Waals surface area contributed by atoms with E-state index in [2.05, 4.69) is 51.9 Å². The molecule has 0 aliphatic carbocycles. The predicted octanol–water partition coefficient (Wildman–Crippen LogP) is 4.07. The Balaban J connectivity index is 1.45. The summed E-state index contributed by atoms with van der Waals surface area (Å²) < 4.78 is 6.22. The number of hydrogen-bond donors (Lipinski definition) is 2. The fourth-order valence-corrected chi connectivity index (χ4v) is 4.02. The Morgan fingerprint density at radius 3 is 2.72 bits per heavy atom. The highest BCUT2D eigenvalue weighted by Gasteiger charge is 2.11. The van der Waals surface area contributed by atoms with Crippen LogP contribution in [-0.2, 0) is 13.2 Å². The molecule has 0 radical (unpaired) electrons. The van der Waals surface area contributed by atoms with Crippen LogP contribution in [0, 0.1) is 0 Å². The number of nitrogens with one attached hydrogen (secondary N) is 2. The van der Waals surface area contributed by atoms with Crippen molar-refractivity contribution < 1.29 is 4.74 Å². The van der Waals surface area contributed by atoms with Gasteiger partial charge in [0.2, 0.25) is 0 Å². The minimum Gasteiger partial charge on any atom is -0.489 e. The topological polar surface area (TPSA) is 36.5 Å². The van der Waals surface area contributed by atoms with Crippen molar-refractivity contribution >= 4 is 22.4 Å². The summed E-state index contributed by atoms with van der Waals surface area (Å²) in [4.78, 5) is 2.50. The number of fused-ring (bicyclic) bond motifs is 1. The normalized spacial score (nSPS) is 14.9. The van der Waals surface area contributed by atoms with Crippen LogP contribution in [0.4, 0.5) is 0 Å². The molecule has 29 heavy (non-hydrogen) atoms. The van der Waals surface area contributed by atoms with Crippen LogP contribution in [0.25, 0.3) is 10.8 Å². The predicted molar refractivity (Wildman–Crippen MR) is 121 cm³/mol. The van der Waals surface area contributed by atoms with Gasteiger partial charge in [0, 0.05) is 56.4 Å². The molecule has 2 N–H and O–H groups in total. The van der Waals surface area contributed by atoms with Crippen molar-refractivity contribution in [2.75, 3.05) is 39.3 Å². The van der Waals surface area contributed by atoms with E-state index in [4.69, 9.17) is 16.3 Å². The monoisotopic (exact) mass is 409 g/mol. The Morgan fingerprint density at radius 2 is 1.86 bits per heavy atom. The van der Waals surface area contributed by atoms with Crippen molar-refractivity contribution in [2.45, 2.75) is 13.2 Å². The van der Waals surface area contributed by atoms with Crippen molar-refractivity contribution in [3.8, 4) is 5.75 Å². The van der Waals surface area contributed by atoms with E-state index in [1.54, 1.807) is 0 Å². The summed E-state index contributed by atoms with van der Waals surface area (Å²) >= 11 is 6.11. The first-order chi connectivity index (χ1) is 14.3. The summed E-state index contributed by atoms with van der Waals surface area (Å²) in [7, 11) is 0. The molecule has 3 aromatic carbocycles. The number of piperazine rings is 1. The highest BCUT2D eigenvalue weighted by atomic mass is 35.5. The van der Waals surface area contributed by atoms with E-state index < -0.39 is 0 Å². The minimum absolute atomic E-state index is 0.507. The first-order valence-electron chi connectivity index (χ1n) is 10.3. The van der Waals surface area contributed by atoms with Crippen LogP contribution in [0.3, 0.4) is 0 Å². The second kappa shape index (κ2) is 10.1. The fraction of sp³-hybridized carbons (Fsp3) is 0.333. The Labute approximate surface area is 177 Å². The maximum atomic E-state index is 6.22. The Bertz CT molecular complexity index is 940. The van der Waals surface area contributed by atoms with E-state index in [1.807, 2.05) is 24.3 Å². The van der Waals surface area contributed by atoms with Gasteiger partial charge in [-0.25, -0.2) is 0 Å². The summed E-state index contributed by atoms with van der Waals surface area (Å²) in [5, 5.41) is 10.2. The van der Waals surface area contributed by atoms with Crippen LogP contribution in [0.5, 0.6) is 5.75 Å². The Kier molecular flexibility index (Phi) is 7.01. The molecule has 0 unspecified atom stereocenters. The average molecular weight is 410 g/mol. The Morgan fingerprint density at radius 1 is 1.00 bits per heavy atom. The standard InChI is InChI=1S/C24H28ClN3O/c25-21-6-3-4-19(16-21)18-29-24-9-8-20-5-1-2-7-22(20)23(24)17-27-12-15-28-13-10-26-11-14-28/h1-9,16,26-27H,10-15,17-18H2. The molecular formula is C24H28ClN3O. The second-order valence-electron chi connectivity index (χ2n) is 7.45. The fourth-order valence-electron chi connectivity index (χ4n) is 3.81. The van der Waals surface area contributed by atoms with Gasteiger partial charge in [0.25, 0.3) is 0 Å². The third-order valence-corrected chi connectivity index (χ3v) is 5.63. The van der Waals surface area contributed by atoms with Gasteiger partial charge in [-0.15, -0.1) is 0 Å². The molecule has 1 heterocycles. The van der Waals surface area contributed by atoms with Crippen LogP contribution < -0.4 is 15.4 Å². The molecule has 0 bridgehead atoms. The average Bonchev–Trinajstić information content (AvgIpc) is 2.76. The minimum atomic E-state index is 0.507. The number of hydrogen-bond acceptors (Lipinski definition) is 4. The SMILES string of the molecule is Clc1cccc(COc2ccc3ccccc3c2CNCCN2CCNCC2)c1. The molecule has 0 atom stereocenters. The lowest BCUT2D eigenvalue weighted by Crippen LogP contribution is -2.45. The van der Waals surface area contributed by atoms with Gasteiger partial charge in [-0.1, -0.05) is 54.1 Å². The lowest BCUT2D eigenvalue weighted by molar-refractivity contribution is 0.240. The number of ether oxygens (including phenoxy) is 1. The van der Waals surface area contributed by atoms with Crippen molar-refractivity contribution in [3.63, 3.8) is 0 Å². The van der Waals surface area contributed by atoms with E-state index in [0.29, 0.717) is 6.61 Å². The first-order valence-corrected chi connectivity index (χ1v) is 10.7. The number of halogens is 1. The summed E-state index contributed by atoms with van der Waals surface area (Å²) in [6.45, 7) is 7.77. The Hall–Kier alpha value is -2.11. The van der Waals surface area contributed by atoms with Gasteiger partial charge in [0.05, 0.1) is 0 Å². The first kappa shape index (κ1) is 20.2. The third-order valence-electron chi connectivity index (χ3n) is 5.40. The quantitative estimate of drug-likeness (QED) is 0.550. The van der Waals surface area contributed by atoms with Crippen LogP contribution in [0.15, 0.2) is 60.7 Å². The van der Waals surface area contributed by atoms with Crippen LogP contribution in [0.1, 0.15) is 11.1 Å². The lowest BCUT2D eigenvalue weighted by atomic mass is 10.0. The zero-order valence-corrected chi connectivity index (χ0v) is 17.4. The van der Waals surface area contributed by atoms with Crippen molar-refractivity contribution in [2.24, 2.45) is 0 Å². The van der Waals surface area contributed by atoms with E-state index in [9.17, 15) is 0 Å². The molecule has 152 valence electrons. The zero-order valence-electron chi connectivity index (χ0n) is 16.7. The van der Waals surface area contributed by atoms with Gasteiger partial charge in [0.1, 0.15) is 12.4 Å². The van der Waals surface area contributed by atoms with Gasteiger partial charge >= 0.3 is 0 Å². The maximum absolute atomic E-state index is 6.22. The molecule has 0 aromatic heterocycles. The lowest BCUT2D eigenvalue weighted by Gasteiger charge is -2.27. The van der Waals surface area contributed by atoms with E-state index in [1.165, 1.54) is 16.3 Å².